The summed E-state index contributed by atoms with van der Waals surface area (Å²) in [6.07, 6.45) is 8.09. The zero-order valence-electron chi connectivity index (χ0n) is 11.5. The van der Waals surface area contributed by atoms with Crippen molar-refractivity contribution in [1.29, 1.82) is 0 Å². The Labute approximate surface area is 114 Å². The Hall–Kier alpha value is -1.65. The van der Waals surface area contributed by atoms with Crippen LogP contribution in [-0.4, -0.2) is 29.7 Å². The summed E-state index contributed by atoms with van der Waals surface area (Å²) in [7, 11) is 1.58. The molecular formula is C14H22N4O. The lowest BCUT2D eigenvalue weighted by Gasteiger charge is -2.09. The lowest BCUT2D eigenvalue weighted by atomic mass is 10.0. The monoisotopic (exact) mass is 262 g/mol. The molecule has 0 spiro atoms. The summed E-state index contributed by atoms with van der Waals surface area (Å²) in [6, 6.07) is 3.48. The molecular weight excluding hydrogens is 240 g/mol. The van der Waals surface area contributed by atoms with Crippen LogP contribution in [0.5, 0.6) is 0 Å². The second kappa shape index (κ2) is 7.07. The van der Waals surface area contributed by atoms with Gasteiger partial charge in [-0.2, -0.15) is 0 Å². The third kappa shape index (κ3) is 4.19. The summed E-state index contributed by atoms with van der Waals surface area (Å²) in [5.41, 5.74) is 0.346. The van der Waals surface area contributed by atoms with E-state index < -0.39 is 0 Å². The topological polar surface area (TPSA) is 66.9 Å². The summed E-state index contributed by atoms with van der Waals surface area (Å²) in [6.45, 7) is 0.921. The molecule has 1 amide bonds. The van der Waals surface area contributed by atoms with Crippen molar-refractivity contribution in [3.63, 3.8) is 0 Å². The highest BCUT2D eigenvalue weighted by Crippen LogP contribution is 2.28. The van der Waals surface area contributed by atoms with Crippen LogP contribution in [0.2, 0.25) is 0 Å². The first-order valence-electron chi connectivity index (χ1n) is 7.09. The second-order valence-corrected chi connectivity index (χ2v) is 5.10. The predicted octanol–water partition coefficient (Wildman–Crippen LogP) is 2.22. The van der Waals surface area contributed by atoms with Gasteiger partial charge in [0, 0.05) is 13.6 Å². The van der Waals surface area contributed by atoms with Crippen molar-refractivity contribution in [2.24, 2.45) is 5.92 Å². The molecule has 1 heterocycles. The van der Waals surface area contributed by atoms with Crippen molar-refractivity contribution in [1.82, 2.24) is 15.5 Å². The maximum absolute atomic E-state index is 11.3. The van der Waals surface area contributed by atoms with Crippen LogP contribution in [0.15, 0.2) is 12.1 Å². The highest BCUT2D eigenvalue weighted by molar-refractivity contribution is 5.91. The minimum absolute atomic E-state index is 0.208. The molecule has 1 aliphatic carbocycles. The molecule has 0 unspecified atom stereocenters. The average Bonchev–Trinajstić information content (AvgIpc) is 2.96. The van der Waals surface area contributed by atoms with Crippen molar-refractivity contribution in [3.05, 3.63) is 17.8 Å². The maximum Gasteiger partial charge on any atom is 0.271 e. The van der Waals surface area contributed by atoms with E-state index in [1.54, 1.807) is 19.2 Å². The largest absolute Gasteiger partial charge is 0.369 e. The van der Waals surface area contributed by atoms with E-state index in [2.05, 4.69) is 20.8 Å². The number of nitrogens with zero attached hydrogens (tertiary/aromatic N) is 2. The number of hydrogen-bond donors (Lipinski definition) is 2. The van der Waals surface area contributed by atoms with Crippen LogP contribution in [0, 0.1) is 5.92 Å². The van der Waals surface area contributed by atoms with Crippen molar-refractivity contribution in [2.75, 3.05) is 18.9 Å². The molecule has 0 atom stereocenters. The summed E-state index contributed by atoms with van der Waals surface area (Å²) < 4.78 is 0. The van der Waals surface area contributed by atoms with Gasteiger partial charge in [0.1, 0.15) is 5.82 Å². The lowest BCUT2D eigenvalue weighted by Crippen LogP contribution is -2.19. The predicted molar refractivity (Wildman–Crippen MR) is 75.1 cm³/mol. The molecule has 1 aromatic rings. The molecule has 0 saturated heterocycles. The number of anilines is 1. The van der Waals surface area contributed by atoms with E-state index in [1.165, 1.54) is 38.5 Å². The number of carbonyl (C=O) groups is 1. The summed E-state index contributed by atoms with van der Waals surface area (Å²) >= 11 is 0. The summed E-state index contributed by atoms with van der Waals surface area (Å²) in [5, 5.41) is 13.6. The third-order valence-corrected chi connectivity index (χ3v) is 3.69. The van der Waals surface area contributed by atoms with Gasteiger partial charge in [-0.25, -0.2) is 0 Å². The van der Waals surface area contributed by atoms with Crippen molar-refractivity contribution >= 4 is 11.7 Å². The highest BCUT2D eigenvalue weighted by Gasteiger charge is 2.13. The number of rotatable bonds is 6. The Balaban J connectivity index is 1.69. The first-order valence-corrected chi connectivity index (χ1v) is 7.09. The molecule has 0 aliphatic heterocycles. The van der Waals surface area contributed by atoms with Gasteiger partial charge in [-0.3, -0.25) is 4.79 Å². The van der Waals surface area contributed by atoms with E-state index in [0.717, 1.165) is 18.3 Å². The van der Waals surface area contributed by atoms with Crippen molar-refractivity contribution in [2.45, 2.75) is 38.5 Å². The van der Waals surface area contributed by atoms with Gasteiger partial charge in [-0.05, 0) is 30.9 Å². The molecule has 5 nitrogen and oxygen atoms in total. The smallest absolute Gasteiger partial charge is 0.271 e. The first kappa shape index (κ1) is 13.8. The van der Waals surface area contributed by atoms with Gasteiger partial charge in [0.25, 0.3) is 5.91 Å². The van der Waals surface area contributed by atoms with Gasteiger partial charge in [0.2, 0.25) is 0 Å². The molecule has 0 radical (unpaired) electrons. The van der Waals surface area contributed by atoms with E-state index >= 15 is 0 Å². The molecule has 1 aromatic heterocycles. The van der Waals surface area contributed by atoms with Crippen LogP contribution in [0.1, 0.15) is 49.0 Å². The summed E-state index contributed by atoms with van der Waals surface area (Å²) in [5.74, 6) is 1.46. The zero-order chi connectivity index (χ0) is 13.5. The van der Waals surface area contributed by atoms with Crippen LogP contribution >= 0.6 is 0 Å². The van der Waals surface area contributed by atoms with Crippen LogP contribution in [0.3, 0.4) is 0 Å². The van der Waals surface area contributed by atoms with E-state index in [9.17, 15) is 4.79 Å². The Kier molecular flexibility index (Phi) is 5.12. The molecule has 104 valence electrons. The Morgan fingerprint density at radius 3 is 2.74 bits per heavy atom. The maximum atomic E-state index is 11.3. The van der Waals surface area contributed by atoms with Gasteiger partial charge in [0.05, 0.1) is 0 Å². The number of amides is 1. The molecule has 2 rings (SSSR count). The standard InChI is InChI=1S/C14H22N4O/c1-15-14(19)12-8-9-13(18-17-12)16-10-4-7-11-5-2-3-6-11/h8-9,11H,2-7,10H2,1H3,(H,15,19)(H,16,18). The van der Waals surface area contributed by atoms with Crippen LogP contribution in [0.4, 0.5) is 5.82 Å². The van der Waals surface area contributed by atoms with Crippen molar-refractivity contribution < 1.29 is 4.79 Å². The molecule has 5 heteroatoms. The quantitative estimate of drug-likeness (QED) is 0.771. The van der Waals surface area contributed by atoms with Gasteiger partial charge >= 0.3 is 0 Å². The molecule has 0 bridgehead atoms. The van der Waals surface area contributed by atoms with Crippen LogP contribution in [0.25, 0.3) is 0 Å². The number of carbonyl (C=O) groups excluding carboxylic acids is 1. The molecule has 2 N–H and O–H groups in total. The highest BCUT2D eigenvalue weighted by atomic mass is 16.1. The molecule has 0 aromatic carbocycles. The van der Waals surface area contributed by atoms with E-state index in [0.29, 0.717) is 5.69 Å². The third-order valence-electron chi connectivity index (χ3n) is 3.69. The van der Waals surface area contributed by atoms with Gasteiger partial charge in [-0.15, -0.1) is 10.2 Å². The van der Waals surface area contributed by atoms with Crippen LogP contribution < -0.4 is 10.6 Å². The van der Waals surface area contributed by atoms with Crippen LogP contribution in [-0.2, 0) is 0 Å². The molecule has 1 saturated carbocycles. The number of nitrogens with one attached hydrogen (secondary N) is 2. The fourth-order valence-electron chi connectivity index (χ4n) is 2.58. The van der Waals surface area contributed by atoms with Gasteiger partial charge < -0.3 is 10.6 Å². The van der Waals surface area contributed by atoms with Gasteiger partial charge in [-0.1, -0.05) is 25.7 Å². The van der Waals surface area contributed by atoms with Gasteiger partial charge in [0.15, 0.2) is 5.69 Å². The summed E-state index contributed by atoms with van der Waals surface area (Å²) in [4.78, 5) is 11.3. The zero-order valence-corrected chi connectivity index (χ0v) is 11.5. The molecule has 1 fully saturated rings. The minimum Gasteiger partial charge on any atom is -0.369 e. The van der Waals surface area contributed by atoms with E-state index in [-0.39, 0.29) is 5.91 Å². The fourth-order valence-corrected chi connectivity index (χ4v) is 2.58. The Morgan fingerprint density at radius 1 is 1.32 bits per heavy atom. The molecule has 19 heavy (non-hydrogen) atoms. The Bertz CT molecular complexity index is 398. The second-order valence-electron chi connectivity index (χ2n) is 5.10. The minimum atomic E-state index is -0.208. The number of hydrogen-bond acceptors (Lipinski definition) is 4. The molecule has 1 aliphatic rings. The SMILES string of the molecule is CNC(=O)c1ccc(NCCCC2CCCC2)nn1. The first-order chi connectivity index (χ1) is 9.29. The van der Waals surface area contributed by atoms with Crippen molar-refractivity contribution in [3.8, 4) is 0 Å². The van der Waals surface area contributed by atoms with E-state index in [1.807, 2.05) is 0 Å². The fraction of sp³-hybridized carbons (Fsp3) is 0.643. The Morgan fingerprint density at radius 2 is 2.11 bits per heavy atom. The number of aromatic nitrogens is 2. The average molecular weight is 262 g/mol. The van der Waals surface area contributed by atoms with E-state index in [4.69, 9.17) is 0 Å². The lowest BCUT2D eigenvalue weighted by molar-refractivity contribution is 0.0957. The normalized spacial score (nSPS) is 15.4.